The Balaban J connectivity index is 2.76. The number of rotatable bonds is 3. The van der Waals surface area contributed by atoms with Gasteiger partial charge in [0.25, 0.3) is 0 Å². The van der Waals surface area contributed by atoms with Gasteiger partial charge in [-0.2, -0.15) is 0 Å². The van der Waals surface area contributed by atoms with Gasteiger partial charge in [0.1, 0.15) is 6.54 Å². The first-order valence-electron chi connectivity index (χ1n) is 5.56. The molecular weight excluding hydrogens is 174 g/mol. The second-order valence-electron chi connectivity index (χ2n) is 4.03. The van der Waals surface area contributed by atoms with Crippen molar-refractivity contribution < 1.29 is 9.59 Å². The zero-order valence-corrected chi connectivity index (χ0v) is 9.33. The molecule has 0 unspecified atom stereocenters. The van der Waals surface area contributed by atoms with Crippen LogP contribution in [0.15, 0.2) is 24.1 Å². The summed E-state index contributed by atoms with van der Waals surface area (Å²) in [7, 11) is 0. The molecule has 0 aromatic carbocycles. The lowest BCUT2D eigenvalue weighted by Gasteiger charge is -2.44. The van der Waals surface area contributed by atoms with Crippen LogP contribution in [0.4, 0.5) is 0 Å². The Morgan fingerprint density at radius 1 is 1.21 bits per heavy atom. The average molecular weight is 195 g/mol. The fourth-order valence-corrected chi connectivity index (χ4v) is 2.19. The summed E-state index contributed by atoms with van der Waals surface area (Å²) in [6.45, 7) is 6.79. The molecule has 1 aliphatic rings. The van der Waals surface area contributed by atoms with Crippen LogP contribution in [0.2, 0.25) is 0 Å². The van der Waals surface area contributed by atoms with Crippen molar-refractivity contribution in [3.05, 3.63) is 24.1 Å². The predicted octanol–water partition coefficient (Wildman–Crippen LogP) is 1.78. The van der Waals surface area contributed by atoms with Crippen molar-refractivity contribution in [1.29, 1.82) is 0 Å². The molecule has 0 aliphatic carbocycles. The molecule has 0 amide bonds. The van der Waals surface area contributed by atoms with Gasteiger partial charge >= 0.3 is 0 Å². The zero-order valence-electron chi connectivity index (χ0n) is 9.33. The molecule has 14 heavy (non-hydrogen) atoms. The van der Waals surface area contributed by atoms with Crippen molar-refractivity contribution in [1.82, 2.24) is 0 Å². The van der Waals surface area contributed by atoms with Crippen molar-refractivity contribution in [3.63, 3.8) is 0 Å². The van der Waals surface area contributed by atoms with E-state index in [9.17, 15) is 5.11 Å². The Hall–Kier alpha value is -0.760. The third kappa shape index (κ3) is 2.38. The van der Waals surface area contributed by atoms with Crippen LogP contribution in [-0.2, 0) is 0 Å². The Morgan fingerprint density at radius 3 is 2.36 bits per heavy atom. The number of hydrogen-bond donors (Lipinski definition) is 0. The van der Waals surface area contributed by atoms with Crippen molar-refractivity contribution in [2.45, 2.75) is 33.1 Å². The van der Waals surface area contributed by atoms with Gasteiger partial charge in [-0.15, -0.1) is 0 Å². The summed E-state index contributed by atoms with van der Waals surface area (Å²) in [5, 5.41) is 11.9. The van der Waals surface area contributed by atoms with Crippen LogP contribution >= 0.6 is 0 Å². The largest absolute Gasteiger partial charge is 0.831 e. The predicted molar refractivity (Wildman–Crippen MR) is 57.3 cm³/mol. The summed E-state index contributed by atoms with van der Waals surface area (Å²) in [4.78, 5) is 0. The van der Waals surface area contributed by atoms with E-state index in [0.717, 1.165) is 19.6 Å². The highest BCUT2D eigenvalue weighted by atomic mass is 16.3. The van der Waals surface area contributed by atoms with E-state index in [0.29, 0.717) is 10.4 Å². The monoisotopic (exact) mass is 195 g/mol. The summed E-state index contributed by atoms with van der Waals surface area (Å²) in [6, 6.07) is 0. The molecule has 1 heterocycles. The lowest BCUT2D eigenvalue weighted by Crippen LogP contribution is -2.53. The summed E-state index contributed by atoms with van der Waals surface area (Å²) in [6.07, 6.45) is 9.56. The first kappa shape index (κ1) is 11.3. The number of allylic oxidation sites excluding steroid dienone is 2. The Kier molecular flexibility index (Phi) is 4.21. The average Bonchev–Trinajstić information content (AvgIpc) is 2.26. The number of piperidine rings is 1. The fourth-order valence-electron chi connectivity index (χ4n) is 2.19. The van der Waals surface area contributed by atoms with Crippen LogP contribution in [0, 0.1) is 0 Å². The maximum atomic E-state index is 11.9. The quantitative estimate of drug-likeness (QED) is 0.382. The number of quaternary nitrogens is 1. The van der Waals surface area contributed by atoms with Crippen LogP contribution in [0.3, 0.4) is 0 Å². The third-order valence-corrected chi connectivity index (χ3v) is 3.08. The molecule has 0 atom stereocenters. The van der Waals surface area contributed by atoms with Crippen molar-refractivity contribution in [3.8, 4) is 0 Å². The van der Waals surface area contributed by atoms with Gasteiger partial charge in [0, 0.05) is 0 Å². The number of likely N-dealkylation sites (tertiary alicyclic amines) is 1. The maximum absolute atomic E-state index is 11.9. The van der Waals surface area contributed by atoms with Gasteiger partial charge in [0.2, 0.25) is 0 Å². The first-order chi connectivity index (χ1) is 6.75. The summed E-state index contributed by atoms with van der Waals surface area (Å²) in [5.74, 6) is 0.294. The molecule has 1 fully saturated rings. The molecule has 1 saturated heterocycles. The van der Waals surface area contributed by atoms with E-state index in [1.165, 1.54) is 19.3 Å². The van der Waals surface area contributed by atoms with E-state index >= 15 is 0 Å². The fraction of sp³-hybridized carbons (Fsp3) is 0.667. The van der Waals surface area contributed by atoms with Crippen LogP contribution in [0.1, 0.15) is 33.1 Å². The minimum absolute atomic E-state index is 0.294. The normalized spacial score (nSPS) is 22.9. The van der Waals surface area contributed by atoms with Gasteiger partial charge in [-0.25, -0.2) is 0 Å². The molecule has 0 aromatic heterocycles. The van der Waals surface area contributed by atoms with Gasteiger partial charge < -0.3 is 5.11 Å². The van der Waals surface area contributed by atoms with Gasteiger partial charge in [-0.3, -0.25) is 4.48 Å². The number of nitrogens with zero attached hydrogens (tertiary/aromatic N) is 1. The smallest absolute Gasteiger partial charge is 0.101 e. The topological polar surface area (TPSA) is 23.1 Å². The van der Waals surface area contributed by atoms with Crippen LogP contribution < -0.4 is 5.11 Å². The van der Waals surface area contributed by atoms with Gasteiger partial charge in [0.15, 0.2) is 0 Å². The minimum Gasteiger partial charge on any atom is -0.831 e. The minimum atomic E-state index is 0.294. The van der Waals surface area contributed by atoms with Crippen molar-refractivity contribution in [2.75, 3.05) is 19.6 Å². The molecule has 80 valence electrons. The summed E-state index contributed by atoms with van der Waals surface area (Å²) in [5.41, 5.74) is 0. The summed E-state index contributed by atoms with van der Waals surface area (Å²) >= 11 is 0. The Bertz CT molecular complexity index is 224. The highest BCUT2D eigenvalue weighted by molar-refractivity contribution is 4.84. The Morgan fingerprint density at radius 2 is 1.86 bits per heavy atom. The molecule has 0 N–H and O–H groups in total. The second kappa shape index (κ2) is 5.20. The van der Waals surface area contributed by atoms with Crippen molar-refractivity contribution >= 4 is 0 Å². The lowest BCUT2D eigenvalue weighted by atomic mass is 10.1. The maximum Gasteiger partial charge on any atom is 0.101 e. The standard InChI is InChI=1S/C12H21NO/c1-3-5-9-13(12(14)4-2)10-7-6-8-11-13/h3-5H,6-11H2,1-2H3/b5-3-,12-4-. The van der Waals surface area contributed by atoms with Crippen LogP contribution in [0.25, 0.3) is 0 Å². The lowest BCUT2D eigenvalue weighted by molar-refractivity contribution is -0.934. The zero-order chi connectivity index (χ0) is 10.4. The van der Waals surface area contributed by atoms with E-state index in [-0.39, 0.29) is 0 Å². The van der Waals surface area contributed by atoms with E-state index < -0.39 is 0 Å². The molecule has 2 heteroatoms. The molecule has 1 rings (SSSR count). The molecule has 0 bridgehead atoms. The molecule has 0 aromatic rings. The van der Waals surface area contributed by atoms with E-state index in [2.05, 4.69) is 6.08 Å². The van der Waals surface area contributed by atoms with E-state index in [4.69, 9.17) is 0 Å². The first-order valence-corrected chi connectivity index (χ1v) is 5.56. The van der Waals surface area contributed by atoms with Gasteiger partial charge in [-0.05, 0) is 45.3 Å². The molecular formula is C12H21NO. The molecule has 0 radical (unpaired) electrons. The molecule has 1 aliphatic heterocycles. The van der Waals surface area contributed by atoms with E-state index in [1.807, 2.05) is 19.9 Å². The molecule has 0 spiro atoms. The van der Waals surface area contributed by atoms with Gasteiger partial charge in [0.05, 0.1) is 19.0 Å². The SMILES string of the molecule is C/C=C\C[N+]1(/C([O-])=C/C)CCCCC1. The Labute approximate surface area is 87.1 Å². The molecule has 2 nitrogen and oxygen atoms in total. The highest BCUT2D eigenvalue weighted by Crippen LogP contribution is 2.22. The van der Waals surface area contributed by atoms with Gasteiger partial charge in [-0.1, -0.05) is 6.08 Å². The van der Waals surface area contributed by atoms with Crippen molar-refractivity contribution in [2.24, 2.45) is 0 Å². The van der Waals surface area contributed by atoms with E-state index in [1.54, 1.807) is 6.08 Å². The van der Waals surface area contributed by atoms with Crippen LogP contribution in [-0.4, -0.2) is 24.1 Å². The third-order valence-electron chi connectivity index (χ3n) is 3.08. The number of hydrogen-bond acceptors (Lipinski definition) is 1. The second-order valence-corrected chi connectivity index (χ2v) is 4.03. The van der Waals surface area contributed by atoms with Crippen LogP contribution in [0.5, 0.6) is 0 Å². The molecule has 0 saturated carbocycles. The summed E-state index contributed by atoms with van der Waals surface area (Å²) < 4.78 is 0.654. The highest BCUT2D eigenvalue weighted by Gasteiger charge is 2.28.